The second-order valence-corrected chi connectivity index (χ2v) is 10.0. The second kappa shape index (κ2) is 5.40. The van der Waals surface area contributed by atoms with Crippen LogP contribution in [0.25, 0.3) is 0 Å². The van der Waals surface area contributed by atoms with Gasteiger partial charge in [0.05, 0.1) is 0 Å². The Morgan fingerprint density at radius 3 is 2.71 bits per heavy atom. The van der Waals surface area contributed by atoms with Crippen LogP contribution in [0.15, 0.2) is 30.3 Å². The number of rotatable bonds is 2. The molecule has 1 aromatic rings. The summed E-state index contributed by atoms with van der Waals surface area (Å²) < 4.78 is 1.42. The first-order chi connectivity index (χ1) is 11.6. The van der Waals surface area contributed by atoms with Crippen LogP contribution in [0, 0.1) is 11.8 Å². The zero-order chi connectivity index (χ0) is 16.4. The first kappa shape index (κ1) is 15.1. The Morgan fingerprint density at radius 1 is 1.12 bits per heavy atom. The predicted octanol–water partition coefficient (Wildman–Crippen LogP) is 0.586. The predicted molar refractivity (Wildman–Crippen MR) is 88.5 cm³/mol. The number of hydrogen-bond donors (Lipinski definition) is 0. The van der Waals surface area contributed by atoms with Crippen molar-refractivity contribution in [1.82, 2.24) is 9.96 Å². The average Bonchev–Trinajstić information content (AvgIpc) is 3.27. The standard InChI is InChI=1S/C18H20N2O3Se/c1-19-17(21)14-12-9-10-7-8-13(24-11-5-3-2-4-6-11)15(10)20(12)23-16(14)18(19)22/h2-6,10,12-16H,7-9H2,1H3/t10-,12+,13+,14-,15+,16+/m1/s1. The van der Waals surface area contributed by atoms with Gasteiger partial charge in [-0.2, -0.15) is 0 Å². The van der Waals surface area contributed by atoms with Crippen LogP contribution in [-0.2, 0) is 14.4 Å². The van der Waals surface area contributed by atoms with Gasteiger partial charge in [-0.05, 0) is 0 Å². The van der Waals surface area contributed by atoms with Gasteiger partial charge in [0.2, 0.25) is 0 Å². The van der Waals surface area contributed by atoms with Crippen molar-refractivity contribution >= 4 is 31.2 Å². The number of nitrogens with zero attached hydrogens (tertiary/aromatic N) is 2. The summed E-state index contributed by atoms with van der Waals surface area (Å²) in [5, 5.41) is 2.07. The summed E-state index contributed by atoms with van der Waals surface area (Å²) in [6, 6.07) is 11.2. The molecule has 0 unspecified atom stereocenters. The molecule has 3 heterocycles. The zero-order valence-electron chi connectivity index (χ0n) is 13.5. The third kappa shape index (κ3) is 2.00. The molecular weight excluding hydrogens is 371 g/mol. The number of hydrogen-bond acceptors (Lipinski definition) is 4. The maximum absolute atomic E-state index is 12.4. The van der Waals surface area contributed by atoms with Gasteiger partial charge < -0.3 is 0 Å². The molecular formula is C18H20N2O3Se. The summed E-state index contributed by atoms with van der Waals surface area (Å²) in [5.74, 6) is 0.111. The topological polar surface area (TPSA) is 49.9 Å². The van der Waals surface area contributed by atoms with Crippen LogP contribution in [0.1, 0.15) is 19.3 Å². The molecule has 24 heavy (non-hydrogen) atoms. The van der Waals surface area contributed by atoms with Crippen LogP contribution in [0.5, 0.6) is 0 Å². The molecule has 3 saturated heterocycles. The molecule has 1 aliphatic carbocycles. The van der Waals surface area contributed by atoms with Crippen LogP contribution in [0.3, 0.4) is 0 Å². The van der Waals surface area contributed by atoms with Crippen molar-refractivity contribution in [1.29, 1.82) is 0 Å². The fourth-order valence-corrected chi connectivity index (χ4v) is 7.89. The molecule has 5 nitrogen and oxygen atoms in total. The number of fused-ring (bicyclic) bond motifs is 5. The van der Waals surface area contributed by atoms with E-state index in [0.717, 1.165) is 6.42 Å². The number of hydroxylamine groups is 2. The SMILES string of the molecule is CN1C(=O)[C@H]2[C@H](ON3[C@H]4[C@H](CC[C@@H]4[Se]c4ccccc4)C[C@@H]23)C1=O. The molecule has 1 saturated carbocycles. The Kier molecular flexibility index (Phi) is 3.39. The van der Waals surface area contributed by atoms with Crippen molar-refractivity contribution in [2.45, 2.75) is 42.3 Å². The summed E-state index contributed by atoms with van der Waals surface area (Å²) in [4.78, 5) is 32.6. The van der Waals surface area contributed by atoms with Gasteiger partial charge in [-0.25, -0.2) is 0 Å². The number of amides is 2. The summed E-state index contributed by atoms with van der Waals surface area (Å²) in [6.45, 7) is 0. The molecule has 6 heteroatoms. The van der Waals surface area contributed by atoms with Gasteiger partial charge in [-0.3, -0.25) is 0 Å². The van der Waals surface area contributed by atoms with Crippen LogP contribution < -0.4 is 4.46 Å². The van der Waals surface area contributed by atoms with E-state index in [0.29, 0.717) is 31.7 Å². The summed E-state index contributed by atoms with van der Waals surface area (Å²) in [5.41, 5.74) is 0. The van der Waals surface area contributed by atoms with Crippen LogP contribution in [-0.4, -0.2) is 62.0 Å². The summed E-state index contributed by atoms with van der Waals surface area (Å²) >= 11 is 0.404. The molecule has 4 fully saturated rings. The van der Waals surface area contributed by atoms with Gasteiger partial charge in [-0.15, -0.1) is 0 Å². The van der Waals surface area contributed by atoms with Crippen molar-refractivity contribution in [2.24, 2.45) is 11.8 Å². The van der Waals surface area contributed by atoms with Crippen LogP contribution in [0.2, 0.25) is 4.82 Å². The molecule has 6 atom stereocenters. The molecule has 1 aromatic carbocycles. The number of benzene rings is 1. The van der Waals surface area contributed by atoms with Crippen molar-refractivity contribution < 1.29 is 14.4 Å². The van der Waals surface area contributed by atoms with E-state index in [1.807, 2.05) is 0 Å². The molecule has 2 amide bonds. The minimum atomic E-state index is -0.570. The number of carbonyl (C=O) groups excluding carboxylic acids is 2. The molecule has 0 bridgehead atoms. The Bertz CT molecular complexity index is 697. The Balaban J connectivity index is 1.39. The third-order valence-corrected chi connectivity index (χ3v) is 8.90. The number of carbonyl (C=O) groups is 2. The molecule has 126 valence electrons. The molecule has 4 aliphatic rings. The summed E-state index contributed by atoms with van der Waals surface area (Å²) in [7, 11) is 1.58. The molecule has 0 spiro atoms. The van der Waals surface area contributed by atoms with Gasteiger partial charge in [0.1, 0.15) is 0 Å². The number of likely N-dealkylation sites (tertiary alicyclic amines) is 1. The molecule has 0 radical (unpaired) electrons. The monoisotopic (exact) mass is 392 g/mol. The van der Waals surface area contributed by atoms with E-state index in [1.165, 1.54) is 22.2 Å². The van der Waals surface area contributed by atoms with E-state index in [4.69, 9.17) is 4.84 Å². The fraction of sp³-hybridized carbons (Fsp3) is 0.556. The molecule has 0 aromatic heterocycles. The first-order valence-electron chi connectivity index (χ1n) is 8.63. The van der Waals surface area contributed by atoms with E-state index in [-0.39, 0.29) is 23.8 Å². The van der Waals surface area contributed by atoms with E-state index in [9.17, 15) is 9.59 Å². The van der Waals surface area contributed by atoms with Crippen molar-refractivity contribution in [3.8, 4) is 0 Å². The quantitative estimate of drug-likeness (QED) is 0.547. The maximum atomic E-state index is 12.4. The van der Waals surface area contributed by atoms with Crippen molar-refractivity contribution in [3.63, 3.8) is 0 Å². The van der Waals surface area contributed by atoms with Gasteiger partial charge >= 0.3 is 147 Å². The normalized spacial score (nSPS) is 41.0. The zero-order valence-corrected chi connectivity index (χ0v) is 15.2. The van der Waals surface area contributed by atoms with E-state index >= 15 is 0 Å². The first-order valence-corrected chi connectivity index (χ1v) is 10.5. The van der Waals surface area contributed by atoms with E-state index < -0.39 is 6.10 Å². The van der Waals surface area contributed by atoms with E-state index in [1.54, 1.807) is 7.05 Å². The Labute approximate surface area is 147 Å². The van der Waals surface area contributed by atoms with Crippen LogP contribution >= 0.6 is 0 Å². The van der Waals surface area contributed by atoms with Gasteiger partial charge in [0, 0.05) is 0 Å². The number of likely N-dealkylation sites (N-methyl/N-ethyl adjacent to an activating group) is 1. The Hall–Kier alpha value is -1.20. The molecule has 3 aliphatic heterocycles. The number of imide groups is 1. The average molecular weight is 391 g/mol. The fourth-order valence-electron chi connectivity index (χ4n) is 4.96. The van der Waals surface area contributed by atoms with E-state index in [2.05, 4.69) is 35.4 Å². The molecule has 5 rings (SSSR count). The third-order valence-electron chi connectivity index (χ3n) is 6.05. The summed E-state index contributed by atoms with van der Waals surface area (Å²) in [6.07, 6.45) is 2.88. The van der Waals surface area contributed by atoms with Crippen molar-refractivity contribution in [3.05, 3.63) is 30.3 Å². The second-order valence-electron chi connectivity index (χ2n) is 7.25. The van der Waals surface area contributed by atoms with Crippen molar-refractivity contribution in [2.75, 3.05) is 7.05 Å². The van der Waals surface area contributed by atoms with Crippen LogP contribution in [0.4, 0.5) is 0 Å². The van der Waals surface area contributed by atoms with Gasteiger partial charge in [0.25, 0.3) is 0 Å². The molecule has 0 N–H and O–H groups in total. The minimum absolute atomic E-state index is 0.0532. The van der Waals surface area contributed by atoms with Gasteiger partial charge in [-0.1, -0.05) is 0 Å². The Morgan fingerprint density at radius 2 is 1.92 bits per heavy atom. The van der Waals surface area contributed by atoms with Gasteiger partial charge in [0.15, 0.2) is 0 Å².